The fraction of sp³-hybridized carbons (Fsp3) is 0.355. The van der Waals surface area contributed by atoms with Crippen molar-refractivity contribution in [2.24, 2.45) is 0 Å². The number of carbonyl (C=O) groups excluding carboxylic acids is 2. The SMILES string of the molecule is Cc1ccc(C(=O)N2CCN(c3ccc4c(c3)[C@H]3C[C@H]4CCN3C(=O)OCc3ccccc3)CC2)cc1. The molecule has 0 saturated carbocycles. The van der Waals surface area contributed by atoms with Crippen LogP contribution in [0.4, 0.5) is 10.5 Å². The summed E-state index contributed by atoms with van der Waals surface area (Å²) in [7, 11) is 0. The van der Waals surface area contributed by atoms with Crippen LogP contribution < -0.4 is 4.90 Å². The number of rotatable bonds is 4. The van der Waals surface area contributed by atoms with E-state index in [4.69, 9.17) is 4.74 Å². The first-order valence-corrected chi connectivity index (χ1v) is 13.3. The smallest absolute Gasteiger partial charge is 0.410 e. The number of benzene rings is 3. The Labute approximate surface area is 218 Å². The van der Waals surface area contributed by atoms with Gasteiger partial charge in [0.2, 0.25) is 0 Å². The van der Waals surface area contributed by atoms with Gasteiger partial charge in [0.05, 0.1) is 6.04 Å². The number of piperazine rings is 1. The van der Waals surface area contributed by atoms with Crippen LogP contribution in [-0.4, -0.2) is 54.5 Å². The minimum Gasteiger partial charge on any atom is -0.445 e. The summed E-state index contributed by atoms with van der Waals surface area (Å²) in [4.78, 5) is 32.2. The van der Waals surface area contributed by atoms with Gasteiger partial charge in [0.15, 0.2) is 0 Å². The second-order valence-electron chi connectivity index (χ2n) is 10.4. The molecular weight excluding hydrogens is 462 g/mol. The molecule has 3 aliphatic rings. The number of ether oxygens (including phenoxy) is 1. The molecule has 2 amide bonds. The van der Waals surface area contributed by atoms with Crippen molar-refractivity contribution in [1.82, 2.24) is 9.80 Å². The van der Waals surface area contributed by atoms with Crippen molar-refractivity contribution in [3.05, 3.63) is 101 Å². The van der Waals surface area contributed by atoms with E-state index in [0.717, 1.165) is 49.2 Å². The Hall–Kier alpha value is -3.80. The molecule has 2 bridgehead atoms. The average molecular weight is 496 g/mol. The molecule has 6 rings (SSSR count). The van der Waals surface area contributed by atoms with E-state index in [9.17, 15) is 9.59 Å². The zero-order valence-electron chi connectivity index (χ0n) is 21.3. The first kappa shape index (κ1) is 23.6. The Morgan fingerprint density at radius 1 is 0.865 bits per heavy atom. The van der Waals surface area contributed by atoms with Crippen molar-refractivity contribution in [3.63, 3.8) is 0 Å². The van der Waals surface area contributed by atoms with Crippen LogP contribution in [0.25, 0.3) is 0 Å². The van der Waals surface area contributed by atoms with E-state index in [1.165, 1.54) is 16.8 Å². The summed E-state index contributed by atoms with van der Waals surface area (Å²) >= 11 is 0. The van der Waals surface area contributed by atoms with Crippen LogP contribution in [0.5, 0.6) is 0 Å². The molecule has 0 N–H and O–H groups in total. The largest absolute Gasteiger partial charge is 0.445 e. The van der Waals surface area contributed by atoms with E-state index in [-0.39, 0.29) is 18.0 Å². The molecule has 0 spiro atoms. The fourth-order valence-electron chi connectivity index (χ4n) is 6.03. The maximum Gasteiger partial charge on any atom is 0.410 e. The van der Waals surface area contributed by atoms with E-state index in [0.29, 0.717) is 25.6 Å². The van der Waals surface area contributed by atoms with Crippen LogP contribution in [0.3, 0.4) is 0 Å². The van der Waals surface area contributed by atoms with Crippen LogP contribution in [0.2, 0.25) is 0 Å². The molecule has 0 aromatic heterocycles. The monoisotopic (exact) mass is 495 g/mol. The van der Waals surface area contributed by atoms with Gasteiger partial charge in [-0.05, 0) is 66.6 Å². The number of hydrogen-bond acceptors (Lipinski definition) is 4. The molecule has 2 fully saturated rings. The van der Waals surface area contributed by atoms with Gasteiger partial charge in [-0.15, -0.1) is 0 Å². The second-order valence-corrected chi connectivity index (χ2v) is 10.4. The zero-order chi connectivity index (χ0) is 25.4. The number of piperidine rings is 1. The minimum atomic E-state index is -0.228. The van der Waals surface area contributed by atoms with Crippen molar-refractivity contribution < 1.29 is 14.3 Å². The van der Waals surface area contributed by atoms with E-state index in [1.807, 2.05) is 71.3 Å². The van der Waals surface area contributed by atoms with Crippen molar-refractivity contribution in [1.29, 1.82) is 0 Å². The van der Waals surface area contributed by atoms with E-state index >= 15 is 0 Å². The third-order valence-corrected chi connectivity index (χ3v) is 8.14. The molecule has 0 radical (unpaired) electrons. The molecule has 0 unspecified atom stereocenters. The third-order valence-electron chi connectivity index (χ3n) is 8.14. The van der Waals surface area contributed by atoms with Gasteiger partial charge in [0.1, 0.15) is 6.61 Å². The molecule has 3 aromatic rings. The Balaban J connectivity index is 1.12. The van der Waals surface area contributed by atoms with Crippen LogP contribution in [-0.2, 0) is 11.3 Å². The van der Waals surface area contributed by atoms with Gasteiger partial charge in [-0.2, -0.15) is 0 Å². The van der Waals surface area contributed by atoms with E-state index in [1.54, 1.807) is 0 Å². The van der Waals surface area contributed by atoms with Gasteiger partial charge in [-0.25, -0.2) is 4.79 Å². The summed E-state index contributed by atoms with van der Waals surface area (Å²) < 4.78 is 5.70. The number of amides is 2. The number of nitrogens with zero attached hydrogens (tertiary/aromatic N) is 3. The minimum absolute atomic E-state index is 0.0707. The maximum atomic E-state index is 13.0. The first-order valence-electron chi connectivity index (χ1n) is 13.3. The first-order chi connectivity index (χ1) is 18.1. The maximum absolute atomic E-state index is 13.0. The van der Waals surface area contributed by atoms with Gasteiger partial charge < -0.3 is 19.4 Å². The average Bonchev–Trinajstić information content (AvgIpc) is 3.23. The second kappa shape index (κ2) is 9.92. The zero-order valence-corrected chi connectivity index (χ0v) is 21.3. The van der Waals surface area contributed by atoms with E-state index < -0.39 is 0 Å². The normalized spacial score (nSPS) is 20.5. The van der Waals surface area contributed by atoms with Gasteiger partial charge in [-0.1, -0.05) is 54.1 Å². The molecule has 1 aliphatic carbocycles. The highest BCUT2D eigenvalue weighted by Crippen LogP contribution is 2.50. The Bertz CT molecular complexity index is 1280. The van der Waals surface area contributed by atoms with Gasteiger partial charge in [0.25, 0.3) is 5.91 Å². The summed E-state index contributed by atoms with van der Waals surface area (Å²) in [5.74, 6) is 0.614. The summed E-state index contributed by atoms with van der Waals surface area (Å²) in [6, 6.07) is 24.5. The Morgan fingerprint density at radius 2 is 1.62 bits per heavy atom. The highest BCUT2D eigenvalue weighted by Gasteiger charge is 2.41. The standard InChI is InChI=1S/C31H33N3O3/c1-22-7-9-24(10-8-22)30(35)33-17-15-32(16-18-33)26-11-12-27-25-13-14-34(29(19-25)28(27)20-26)31(36)37-21-23-5-3-2-4-6-23/h2-12,20,25,29H,13-19,21H2,1H3/t25-,29-/m1/s1. The molecule has 6 heteroatoms. The molecular formula is C31H33N3O3. The lowest BCUT2D eigenvalue weighted by Gasteiger charge is -2.36. The Kier molecular flexibility index (Phi) is 6.33. The molecule has 2 saturated heterocycles. The number of fused-ring (bicyclic) bond motifs is 5. The fourth-order valence-corrected chi connectivity index (χ4v) is 6.03. The summed E-state index contributed by atoms with van der Waals surface area (Å²) in [6.07, 6.45) is 1.72. The lowest BCUT2D eigenvalue weighted by atomic mass is 9.96. The van der Waals surface area contributed by atoms with Crippen molar-refractivity contribution in [3.8, 4) is 0 Å². The van der Waals surface area contributed by atoms with Gasteiger partial charge in [0, 0.05) is 44.0 Å². The van der Waals surface area contributed by atoms with Gasteiger partial charge >= 0.3 is 6.09 Å². The summed E-state index contributed by atoms with van der Waals surface area (Å²) in [5.41, 5.74) is 6.72. The summed E-state index contributed by atoms with van der Waals surface area (Å²) in [5, 5.41) is 0. The molecule has 2 atom stereocenters. The van der Waals surface area contributed by atoms with Crippen LogP contribution in [0.15, 0.2) is 72.8 Å². The lowest BCUT2D eigenvalue weighted by Crippen LogP contribution is -2.48. The van der Waals surface area contributed by atoms with Crippen LogP contribution >= 0.6 is 0 Å². The highest BCUT2D eigenvalue weighted by atomic mass is 16.6. The van der Waals surface area contributed by atoms with Crippen molar-refractivity contribution in [2.75, 3.05) is 37.6 Å². The third kappa shape index (κ3) is 4.68. The van der Waals surface area contributed by atoms with Crippen LogP contribution in [0, 0.1) is 6.92 Å². The number of likely N-dealkylation sites (tertiary alicyclic amines) is 1. The molecule has 3 aromatic carbocycles. The molecule has 37 heavy (non-hydrogen) atoms. The lowest BCUT2D eigenvalue weighted by molar-refractivity contribution is 0.0694. The summed E-state index contributed by atoms with van der Waals surface area (Å²) in [6.45, 7) is 6.06. The van der Waals surface area contributed by atoms with Crippen molar-refractivity contribution in [2.45, 2.75) is 38.3 Å². The van der Waals surface area contributed by atoms with Crippen molar-refractivity contribution >= 4 is 17.7 Å². The Morgan fingerprint density at radius 3 is 2.38 bits per heavy atom. The van der Waals surface area contributed by atoms with E-state index in [2.05, 4.69) is 23.1 Å². The molecule has 2 heterocycles. The number of carbonyl (C=O) groups is 2. The quantitative estimate of drug-likeness (QED) is 0.478. The van der Waals surface area contributed by atoms with Crippen LogP contribution in [0.1, 0.15) is 57.4 Å². The van der Waals surface area contributed by atoms with Gasteiger partial charge in [-0.3, -0.25) is 4.79 Å². The topological polar surface area (TPSA) is 53.1 Å². The number of anilines is 1. The number of hydrogen-bond donors (Lipinski definition) is 0. The predicted molar refractivity (Wildman–Crippen MR) is 144 cm³/mol. The molecule has 2 aliphatic heterocycles. The molecule has 6 nitrogen and oxygen atoms in total. The number of aryl methyl sites for hydroxylation is 1. The molecule has 190 valence electrons. The predicted octanol–water partition coefficient (Wildman–Crippen LogP) is 5.53. The highest BCUT2D eigenvalue weighted by molar-refractivity contribution is 5.94.